The van der Waals surface area contributed by atoms with Crippen LogP contribution < -0.4 is 9.64 Å². The zero-order valence-electron chi connectivity index (χ0n) is 9.67. The van der Waals surface area contributed by atoms with Crippen LogP contribution in [0.5, 0.6) is 5.88 Å². The number of methoxy groups -OCH3 is 1. The van der Waals surface area contributed by atoms with Crippen LogP contribution in [0.3, 0.4) is 0 Å². The number of ether oxygens (including phenoxy) is 1. The Morgan fingerprint density at radius 3 is 2.94 bits per heavy atom. The van der Waals surface area contributed by atoms with Crippen LogP contribution in [0.2, 0.25) is 0 Å². The van der Waals surface area contributed by atoms with E-state index in [0.29, 0.717) is 24.2 Å². The Labute approximate surface area is 99.2 Å². The molecule has 2 rings (SSSR count). The largest absolute Gasteiger partial charge is 0.480 e. The first-order chi connectivity index (χ1) is 8.19. The maximum Gasteiger partial charge on any atom is 0.323 e. The molecule has 1 aliphatic carbocycles. The van der Waals surface area contributed by atoms with Crippen molar-refractivity contribution < 1.29 is 14.6 Å². The molecule has 1 aromatic heterocycles. The molecule has 1 aliphatic rings. The molecule has 0 atom stereocenters. The molecule has 0 radical (unpaired) electrons. The van der Waals surface area contributed by atoms with Gasteiger partial charge >= 0.3 is 5.97 Å². The molecule has 0 amide bonds. The first-order valence-electron chi connectivity index (χ1n) is 5.52. The van der Waals surface area contributed by atoms with E-state index in [1.165, 1.54) is 13.3 Å². The predicted octanol–water partition coefficient (Wildman–Crippen LogP) is 0.786. The van der Waals surface area contributed by atoms with Gasteiger partial charge in [-0.3, -0.25) is 9.78 Å². The fourth-order valence-corrected chi connectivity index (χ4v) is 1.60. The van der Waals surface area contributed by atoms with E-state index in [1.807, 2.05) is 0 Å². The van der Waals surface area contributed by atoms with E-state index in [-0.39, 0.29) is 6.54 Å². The highest BCUT2D eigenvalue weighted by Gasteiger charge is 2.26. The lowest BCUT2D eigenvalue weighted by atomic mass is 10.3. The molecule has 6 heteroatoms. The molecule has 92 valence electrons. The van der Waals surface area contributed by atoms with Gasteiger partial charge in [0, 0.05) is 6.54 Å². The van der Waals surface area contributed by atoms with Crippen LogP contribution in [0, 0.1) is 5.92 Å². The Morgan fingerprint density at radius 2 is 2.35 bits per heavy atom. The average Bonchev–Trinajstić information content (AvgIpc) is 3.12. The van der Waals surface area contributed by atoms with Gasteiger partial charge in [-0.15, -0.1) is 0 Å². The first kappa shape index (κ1) is 11.6. The van der Waals surface area contributed by atoms with E-state index in [4.69, 9.17) is 9.84 Å². The molecule has 1 heterocycles. The molecule has 1 fully saturated rings. The van der Waals surface area contributed by atoms with Crippen molar-refractivity contribution in [1.82, 2.24) is 9.97 Å². The molecule has 0 spiro atoms. The summed E-state index contributed by atoms with van der Waals surface area (Å²) in [6, 6.07) is 0. The van der Waals surface area contributed by atoms with E-state index in [9.17, 15) is 4.79 Å². The predicted molar refractivity (Wildman–Crippen MR) is 61.2 cm³/mol. The van der Waals surface area contributed by atoms with Crippen molar-refractivity contribution in [3.8, 4) is 5.88 Å². The molecule has 0 saturated heterocycles. The van der Waals surface area contributed by atoms with Gasteiger partial charge < -0.3 is 14.7 Å². The zero-order chi connectivity index (χ0) is 12.3. The summed E-state index contributed by atoms with van der Waals surface area (Å²) in [6.45, 7) is 0.659. The Bertz CT molecular complexity index is 407. The van der Waals surface area contributed by atoms with Gasteiger partial charge in [-0.1, -0.05) is 0 Å². The van der Waals surface area contributed by atoms with Gasteiger partial charge in [-0.25, -0.2) is 0 Å². The number of anilines is 1. The molecule has 0 aliphatic heterocycles. The van der Waals surface area contributed by atoms with Crippen molar-refractivity contribution in [2.24, 2.45) is 5.92 Å². The quantitative estimate of drug-likeness (QED) is 0.788. The lowest BCUT2D eigenvalue weighted by molar-refractivity contribution is -0.135. The molecular formula is C11H15N3O3. The number of aliphatic carboxylic acids is 1. The molecule has 1 N–H and O–H groups in total. The molecule has 1 aromatic rings. The first-order valence-corrected chi connectivity index (χ1v) is 5.52. The standard InChI is InChI=1S/C11H15N3O3/c1-17-10-5-12-4-9(13-10)14(7-11(15)16)6-8-2-3-8/h4-5,8H,2-3,6-7H2,1H3,(H,15,16). The lowest BCUT2D eigenvalue weighted by Crippen LogP contribution is -2.32. The van der Waals surface area contributed by atoms with Gasteiger partial charge in [-0.05, 0) is 18.8 Å². The lowest BCUT2D eigenvalue weighted by Gasteiger charge is -2.21. The summed E-state index contributed by atoms with van der Waals surface area (Å²) in [4.78, 5) is 20.7. The Balaban J connectivity index is 2.13. The number of carboxylic acid groups (broad SMARTS) is 1. The number of carboxylic acids is 1. The summed E-state index contributed by atoms with van der Waals surface area (Å²) in [5.41, 5.74) is 0. The van der Waals surface area contributed by atoms with Crippen molar-refractivity contribution in [1.29, 1.82) is 0 Å². The number of nitrogens with zero attached hydrogens (tertiary/aromatic N) is 3. The number of carbonyl (C=O) groups is 1. The SMILES string of the molecule is COc1cncc(N(CC(=O)O)CC2CC2)n1. The maximum atomic E-state index is 10.8. The molecular weight excluding hydrogens is 222 g/mol. The van der Waals surface area contributed by atoms with Gasteiger partial charge in [0.25, 0.3) is 0 Å². The summed E-state index contributed by atoms with van der Waals surface area (Å²) >= 11 is 0. The summed E-state index contributed by atoms with van der Waals surface area (Å²) in [7, 11) is 1.51. The smallest absolute Gasteiger partial charge is 0.323 e. The van der Waals surface area contributed by atoms with Crippen LogP contribution in [-0.2, 0) is 4.79 Å². The van der Waals surface area contributed by atoms with E-state index in [2.05, 4.69) is 9.97 Å². The third kappa shape index (κ3) is 3.30. The Kier molecular flexibility index (Phi) is 3.41. The fraction of sp³-hybridized carbons (Fsp3) is 0.545. The molecule has 1 saturated carbocycles. The normalized spacial score (nSPS) is 14.4. The number of rotatable bonds is 6. The van der Waals surface area contributed by atoms with Gasteiger partial charge in [0.2, 0.25) is 5.88 Å². The summed E-state index contributed by atoms with van der Waals surface area (Å²) in [6.07, 6.45) is 5.38. The second-order valence-corrected chi connectivity index (χ2v) is 4.14. The van der Waals surface area contributed by atoms with Crippen LogP contribution in [0.15, 0.2) is 12.4 Å². The molecule has 17 heavy (non-hydrogen) atoms. The molecule has 6 nitrogen and oxygen atoms in total. The Morgan fingerprint density at radius 1 is 1.59 bits per heavy atom. The highest BCUT2D eigenvalue weighted by Crippen LogP contribution is 2.31. The third-order valence-corrected chi connectivity index (χ3v) is 2.63. The average molecular weight is 237 g/mol. The highest BCUT2D eigenvalue weighted by molar-refractivity contribution is 5.73. The van der Waals surface area contributed by atoms with Gasteiger partial charge in [0.1, 0.15) is 6.54 Å². The Hall–Kier alpha value is -1.85. The zero-order valence-corrected chi connectivity index (χ0v) is 9.67. The van der Waals surface area contributed by atoms with E-state index in [1.54, 1.807) is 11.1 Å². The minimum Gasteiger partial charge on any atom is -0.480 e. The van der Waals surface area contributed by atoms with Gasteiger partial charge in [-0.2, -0.15) is 4.98 Å². The van der Waals surface area contributed by atoms with Crippen LogP contribution in [0.25, 0.3) is 0 Å². The summed E-state index contributed by atoms with van der Waals surface area (Å²) in [5.74, 6) is 0.671. The second-order valence-electron chi connectivity index (χ2n) is 4.14. The van der Waals surface area contributed by atoms with Crippen molar-refractivity contribution in [2.45, 2.75) is 12.8 Å². The van der Waals surface area contributed by atoms with Crippen molar-refractivity contribution >= 4 is 11.8 Å². The number of hydrogen-bond donors (Lipinski definition) is 1. The third-order valence-electron chi connectivity index (χ3n) is 2.63. The van der Waals surface area contributed by atoms with Gasteiger partial charge in [0.05, 0.1) is 19.5 Å². The minimum atomic E-state index is -0.865. The topological polar surface area (TPSA) is 75.5 Å². The van der Waals surface area contributed by atoms with Crippen LogP contribution in [0.1, 0.15) is 12.8 Å². The summed E-state index contributed by atoms with van der Waals surface area (Å²) < 4.78 is 4.98. The van der Waals surface area contributed by atoms with E-state index >= 15 is 0 Å². The summed E-state index contributed by atoms with van der Waals surface area (Å²) in [5, 5.41) is 8.88. The van der Waals surface area contributed by atoms with Crippen LogP contribution in [0.4, 0.5) is 5.82 Å². The molecule has 0 aromatic carbocycles. The van der Waals surface area contributed by atoms with Gasteiger partial charge in [0.15, 0.2) is 5.82 Å². The fourth-order valence-electron chi connectivity index (χ4n) is 1.60. The van der Waals surface area contributed by atoms with E-state index in [0.717, 1.165) is 12.8 Å². The number of aromatic nitrogens is 2. The van der Waals surface area contributed by atoms with Crippen LogP contribution in [-0.4, -0.2) is 41.2 Å². The maximum absolute atomic E-state index is 10.8. The molecule has 0 bridgehead atoms. The molecule has 0 unspecified atom stereocenters. The van der Waals surface area contributed by atoms with Crippen molar-refractivity contribution in [3.05, 3.63) is 12.4 Å². The minimum absolute atomic E-state index is 0.0572. The van der Waals surface area contributed by atoms with Crippen LogP contribution >= 0.6 is 0 Å². The van der Waals surface area contributed by atoms with Crippen molar-refractivity contribution in [3.63, 3.8) is 0 Å². The van der Waals surface area contributed by atoms with Crippen molar-refractivity contribution in [2.75, 3.05) is 25.1 Å². The van der Waals surface area contributed by atoms with E-state index < -0.39 is 5.97 Å². The second kappa shape index (κ2) is 4.99. The highest BCUT2D eigenvalue weighted by atomic mass is 16.5. The monoisotopic (exact) mass is 237 g/mol. The number of hydrogen-bond acceptors (Lipinski definition) is 5.